The first-order valence-corrected chi connectivity index (χ1v) is 9.64. The van der Waals surface area contributed by atoms with Gasteiger partial charge in [0.2, 0.25) is 5.91 Å². The molecule has 0 saturated carbocycles. The van der Waals surface area contributed by atoms with Gasteiger partial charge in [0.1, 0.15) is 5.82 Å². The number of hydrogen-bond acceptors (Lipinski definition) is 5. The maximum absolute atomic E-state index is 13.6. The molecule has 0 aliphatic rings. The van der Waals surface area contributed by atoms with E-state index in [1.54, 1.807) is 30.3 Å². The van der Waals surface area contributed by atoms with Crippen LogP contribution in [-0.4, -0.2) is 36.2 Å². The Labute approximate surface area is 173 Å². The van der Waals surface area contributed by atoms with Gasteiger partial charge in [-0.25, -0.2) is 9.37 Å². The quantitative estimate of drug-likeness (QED) is 0.583. The molecule has 7 nitrogen and oxygen atoms in total. The van der Waals surface area contributed by atoms with Crippen LogP contribution in [0.15, 0.2) is 47.5 Å². The summed E-state index contributed by atoms with van der Waals surface area (Å²) >= 11 is 0. The number of aryl methyl sites for hydroxylation is 1. The third kappa shape index (κ3) is 4.94. The minimum absolute atomic E-state index is 0.139. The molecule has 0 aliphatic heterocycles. The van der Waals surface area contributed by atoms with Crippen LogP contribution in [-0.2, 0) is 17.8 Å². The molecule has 3 aromatic rings. The fourth-order valence-electron chi connectivity index (χ4n) is 3.18. The number of rotatable bonds is 9. The van der Waals surface area contributed by atoms with Crippen LogP contribution in [0.2, 0.25) is 0 Å². The van der Waals surface area contributed by atoms with Gasteiger partial charge in [0, 0.05) is 25.6 Å². The fraction of sp³-hybridized carbons (Fsp3) is 0.318. The monoisotopic (exact) mass is 413 g/mol. The summed E-state index contributed by atoms with van der Waals surface area (Å²) in [5.74, 6) is 0.543. The first kappa shape index (κ1) is 21.3. The summed E-state index contributed by atoms with van der Waals surface area (Å²) in [6, 6.07) is 9.76. The number of carbonyl (C=O) groups excluding carboxylic acids is 1. The smallest absolute Gasteiger partial charge is 0.261 e. The molecule has 1 aromatic heterocycles. The van der Waals surface area contributed by atoms with Crippen LogP contribution in [0.4, 0.5) is 4.39 Å². The van der Waals surface area contributed by atoms with Gasteiger partial charge in [-0.3, -0.25) is 14.2 Å². The second-order valence-corrected chi connectivity index (χ2v) is 6.76. The summed E-state index contributed by atoms with van der Waals surface area (Å²) in [5.41, 5.74) is 0.874. The maximum atomic E-state index is 13.6. The normalized spacial score (nSPS) is 10.8. The Morgan fingerprint density at radius 3 is 2.63 bits per heavy atom. The van der Waals surface area contributed by atoms with Crippen molar-refractivity contribution in [2.24, 2.45) is 0 Å². The number of halogens is 1. The molecule has 0 atom stereocenters. The highest BCUT2D eigenvalue weighted by Crippen LogP contribution is 2.29. The van der Waals surface area contributed by atoms with E-state index in [1.165, 1.54) is 31.2 Å². The molecule has 0 spiro atoms. The zero-order valence-electron chi connectivity index (χ0n) is 17.0. The summed E-state index contributed by atoms with van der Waals surface area (Å²) in [4.78, 5) is 29.1. The number of benzene rings is 2. The number of aromatic nitrogens is 2. The predicted molar refractivity (Wildman–Crippen MR) is 111 cm³/mol. The number of nitrogens with zero attached hydrogens (tertiary/aromatic N) is 2. The van der Waals surface area contributed by atoms with Crippen LogP contribution >= 0.6 is 0 Å². The van der Waals surface area contributed by atoms with Crippen LogP contribution in [0.1, 0.15) is 18.4 Å². The van der Waals surface area contributed by atoms with E-state index in [1.807, 2.05) is 0 Å². The van der Waals surface area contributed by atoms with E-state index in [0.717, 1.165) is 0 Å². The molecule has 0 unspecified atom stereocenters. The molecular weight excluding hydrogens is 389 g/mol. The topological polar surface area (TPSA) is 82.5 Å². The molecule has 0 aliphatic carbocycles. The summed E-state index contributed by atoms with van der Waals surface area (Å²) in [6.45, 7) is 0.718. The number of ether oxygens (including phenoxy) is 2. The van der Waals surface area contributed by atoms with E-state index in [4.69, 9.17) is 9.47 Å². The van der Waals surface area contributed by atoms with Gasteiger partial charge < -0.3 is 14.8 Å². The Bertz CT molecular complexity index is 1100. The molecule has 1 N–H and O–H groups in total. The van der Waals surface area contributed by atoms with Crippen LogP contribution in [0.3, 0.4) is 0 Å². The molecule has 158 valence electrons. The van der Waals surface area contributed by atoms with Gasteiger partial charge in [0.25, 0.3) is 5.56 Å². The zero-order valence-corrected chi connectivity index (χ0v) is 17.0. The highest BCUT2D eigenvalue weighted by atomic mass is 19.1. The van der Waals surface area contributed by atoms with E-state index in [-0.39, 0.29) is 23.7 Å². The fourth-order valence-corrected chi connectivity index (χ4v) is 3.18. The Balaban J connectivity index is 1.55. The largest absolute Gasteiger partial charge is 0.493 e. The molecule has 1 heterocycles. The van der Waals surface area contributed by atoms with Gasteiger partial charge in [-0.1, -0.05) is 18.2 Å². The lowest BCUT2D eigenvalue weighted by molar-refractivity contribution is -0.121. The van der Waals surface area contributed by atoms with Crippen LogP contribution in [0.5, 0.6) is 11.5 Å². The summed E-state index contributed by atoms with van der Waals surface area (Å²) in [5, 5.41) is 3.20. The van der Waals surface area contributed by atoms with Gasteiger partial charge in [-0.15, -0.1) is 0 Å². The lowest BCUT2D eigenvalue weighted by Crippen LogP contribution is -2.27. The minimum Gasteiger partial charge on any atom is -0.493 e. The second kappa shape index (κ2) is 9.87. The predicted octanol–water partition coefficient (Wildman–Crippen LogP) is 2.69. The van der Waals surface area contributed by atoms with Gasteiger partial charge in [0.15, 0.2) is 11.5 Å². The van der Waals surface area contributed by atoms with Crippen molar-refractivity contribution in [1.82, 2.24) is 14.9 Å². The SMILES string of the molecule is COc1cc2ncn(CCCC(=O)NCCc3ccccc3F)c(=O)c2cc1OC. The van der Waals surface area contributed by atoms with Crippen molar-refractivity contribution >= 4 is 16.8 Å². The van der Waals surface area contributed by atoms with Crippen LogP contribution in [0, 0.1) is 5.82 Å². The number of fused-ring (bicyclic) bond motifs is 1. The van der Waals surface area contributed by atoms with Crippen molar-refractivity contribution < 1.29 is 18.7 Å². The number of methoxy groups -OCH3 is 2. The molecule has 30 heavy (non-hydrogen) atoms. The number of amides is 1. The number of hydrogen-bond donors (Lipinski definition) is 1. The molecule has 0 fully saturated rings. The third-order valence-corrected chi connectivity index (χ3v) is 4.81. The molecule has 0 bridgehead atoms. The van der Waals surface area contributed by atoms with Crippen molar-refractivity contribution in [3.8, 4) is 11.5 Å². The lowest BCUT2D eigenvalue weighted by atomic mass is 10.1. The minimum atomic E-state index is -0.274. The maximum Gasteiger partial charge on any atom is 0.261 e. The first-order chi connectivity index (χ1) is 14.5. The lowest BCUT2D eigenvalue weighted by Gasteiger charge is -2.10. The molecule has 3 rings (SSSR count). The van der Waals surface area contributed by atoms with E-state index < -0.39 is 0 Å². The molecule has 1 amide bonds. The Hall–Kier alpha value is -3.42. The zero-order chi connectivity index (χ0) is 21.5. The van der Waals surface area contributed by atoms with Gasteiger partial charge in [-0.05, 0) is 30.5 Å². The molecule has 0 saturated heterocycles. The number of nitrogens with one attached hydrogen (secondary N) is 1. The highest BCUT2D eigenvalue weighted by molar-refractivity contribution is 5.81. The third-order valence-electron chi connectivity index (χ3n) is 4.81. The Morgan fingerprint density at radius 2 is 1.90 bits per heavy atom. The van der Waals surface area contributed by atoms with E-state index in [0.29, 0.717) is 53.9 Å². The highest BCUT2D eigenvalue weighted by Gasteiger charge is 2.11. The molecule has 8 heteroatoms. The Morgan fingerprint density at radius 1 is 1.17 bits per heavy atom. The molecule has 0 radical (unpaired) electrons. The summed E-state index contributed by atoms with van der Waals surface area (Å²) < 4.78 is 25.5. The van der Waals surface area contributed by atoms with Crippen molar-refractivity contribution in [1.29, 1.82) is 0 Å². The van der Waals surface area contributed by atoms with Gasteiger partial charge >= 0.3 is 0 Å². The van der Waals surface area contributed by atoms with Crippen LogP contribution < -0.4 is 20.3 Å². The van der Waals surface area contributed by atoms with Crippen molar-refractivity contribution in [3.05, 3.63) is 64.5 Å². The molecule has 2 aromatic carbocycles. The average molecular weight is 413 g/mol. The van der Waals surface area contributed by atoms with Crippen molar-refractivity contribution in [2.75, 3.05) is 20.8 Å². The summed E-state index contributed by atoms with van der Waals surface area (Å²) in [7, 11) is 3.02. The van der Waals surface area contributed by atoms with E-state index in [2.05, 4.69) is 10.3 Å². The van der Waals surface area contributed by atoms with Crippen molar-refractivity contribution in [2.45, 2.75) is 25.8 Å². The molecular formula is C22H24FN3O4. The van der Waals surface area contributed by atoms with E-state index in [9.17, 15) is 14.0 Å². The second-order valence-electron chi connectivity index (χ2n) is 6.76. The first-order valence-electron chi connectivity index (χ1n) is 9.64. The van der Waals surface area contributed by atoms with Crippen molar-refractivity contribution in [3.63, 3.8) is 0 Å². The average Bonchev–Trinajstić information content (AvgIpc) is 2.76. The summed E-state index contributed by atoms with van der Waals surface area (Å²) in [6.07, 6.45) is 2.63. The van der Waals surface area contributed by atoms with E-state index >= 15 is 0 Å². The standard InChI is InChI=1S/C22H24FN3O4/c1-29-19-12-16-18(13-20(19)30-2)25-14-26(22(16)28)11-5-8-21(27)24-10-9-15-6-3-4-7-17(15)23/h3-4,6-7,12-14H,5,8-11H2,1-2H3,(H,24,27). The van der Waals surface area contributed by atoms with Gasteiger partial charge in [-0.2, -0.15) is 0 Å². The van der Waals surface area contributed by atoms with Gasteiger partial charge in [0.05, 0.1) is 31.4 Å². The van der Waals surface area contributed by atoms with Crippen LogP contribution in [0.25, 0.3) is 10.9 Å². The number of carbonyl (C=O) groups is 1. The Kier molecular flexibility index (Phi) is 7.00.